The Morgan fingerprint density at radius 3 is 3.00 bits per heavy atom. The molecule has 0 aromatic heterocycles. The van der Waals surface area contributed by atoms with Crippen molar-refractivity contribution in [3.8, 4) is 0 Å². The monoisotopic (exact) mass is 172 g/mol. The van der Waals surface area contributed by atoms with E-state index in [1.54, 1.807) is 0 Å². The van der Waals surface area contributed by atoms with Gasteiger partial charge in [0.25, 0.3) is 0 Å². The van der Waals surface area contributed by atoms with E-state index in [2.05, 4.69) is 17.3 Å². The zero-order valence-corrected chi connectivity index (χ0v) is 8.18. The third-order valence-corrected chi connectivity index (χ3v) is 2.34. The molecule has 1 unspecified atom stereocenters. The van der Waals surface area contributed by atoms with Gasteiger partial charge in [-0.25, -0.2) is 0 Å². The lowest BCUT2D eigenvalue weighted by molar-refractivity contribution is 0.174. The first kappa shape index (κ1) is 9.96. The van der Waals surface area contributed by atoms with E-state index in [1.165, 1.54) is 13.0 Å². The summed E-state index contributed by atoms with van der Waals surface area (Å²) >= 11 is 0. The predicted octanol–water partition coefficient (Wildman–Crippen LogP) is 0.174. The molecule has 0 saturated carbocycles. The van der Waals surface area contributed by atoms with Crippen LogP contribution in [0.2, 0.25) is 0 Å². The van der Waals surface area contributed by atoms with Crippen LogP contribution in [0.1, 0.15) is 6.42 Å². The van der Waals surface area contributed by atoms with E-state index in [4.69, 9.17) is 4.74 Å². The highest BCUT2D eigenvalue weighted by Gasteiger charge is 2.16. The number of likely N-dealkylation sites (N-methyl/N-ethyl adjacent to an activating group) is 2. The Hall–Kier alpha value is -0.120. The molecule has 0 radical (unpaired) electrons. The number of nitrogens with zero attached hydrogens (tertiary/aromatic N) is 1. The maximum absolute atomic E-state index is 5.32. The average Bonchev–Trinajstić information content (AvgIpc) is 2.53. The van der Waals surface area contributed by atoms with Crippen molar-refractivity contribution in [3.63, 3.8) is 0 Å². The van der Waals surface area contributed by atoms with Crippen LogP contribution in [-0.4, -0.2) is 51.8 Å². The second-order valence-corrected chi connectivity index (χ2v) is 3.60. The van der Waals surface area contributed by atoms with Crippen LogP contribution in [0.4, 0.5) is 0 Å². The largest absolute Gasteiger partial charge is 0.381 e. The molecule has 0 aromatic carbocycles. The molecule has 0 aromatic rings. The molecule has 0 bridgehead atoms. The standard InChI is InChI=1S/C9H20N2O/c1-10-4-5-11(2)7-9-3-6-12-8-9/h9-10H,3-8H2,1-2H3. The van der Waals surface area contributed by atoms with E-state index in [0.717, 1.165) is 32.2 Å². The van der Waals surface area contributed by atoms with Crippen LogP contribution in [0.3, 0.4) is 0 Å². The van der Waals surface area contributed by atoms with Gasteiger partial charge in [0, 0.05) is 26.2 Å². The Balaban J connectivity index is 2.03. The van der Waals surface area contributed by atoms with Crippen molar-refractivity contribution in [2.24, 2.45) is 5.92 Å². The summed E-state index contributed by atoms with van der Waals surface area (Å²) in [6, 6.07) is 0. The topological polar surface area (TPSA) is 24.5 Å². The maximum atomic E-state index is 5.32. The molecule has 1 rings (SSSR count). The lowest BCUT2D eigenvalue weighted by Crippen LogP contribution is -2.31. The number of ether oxygens (including phenoxy) is 1. The summed E-state index contributed by atoms with van der Waals surface area (Å²) in [5, 5.41) is 3.15. The molecule has 1 aliphatic heterocycles. The first-order valence-corrected chi connectivity index (χ1v) is 4.74. The van der Waals surface area contributed by atoms with Gasteiger partial charge < -0.3 is 15.0 Å². The van der Waals surface area contributed by atoms with Gasteiger partial charge in [0.2, 0.25) is 0 Å². The predicted molar refractivity (Wildman–Crippen MR) is 50.3 cm³/mol. The minimum absolute atomic E-state index is 0.770. The van der Waals surface area contributed by atoms with Crippen molar-refractivity contribution in [2.45, 2.75) is 6.42 Å². The van der Waals surface area contributed by atoms with Crippen LogP contribution in [-0.2, 0) is 4.74 Å². The molecule has 0 amide bonds. The van der Waals surface area contributed by atoms with Gasteiger partial charge in [0.05, 0.1) is 6.61 Å². The van der Waals surface area contributed by atoms with Gasteiger partial charge in [-0.05, 0) is 26.4 Å². The zero-order valence-electron chi connectivity index (χ0n) is 8.18. The van der Waals surface area contributed by atoms with E-state index in [-0.39, 0.29) is 0 Å². The fraction of sp³-hybridized carbons (Fsp3) is 1.00. The second kappa shape index (κ2) is 5.51. The third kappa shape index (κ3) is 3.52. The molecule has 1 atom stereocenters. The van der Waals surface area contributed by atoms with Gasteiger partial charge in [0.1, 0.15) is 0 Å². The smallest absolute Gasteiger partial charge is 0.0507 e. The van der Waals surface area contributed by atoms with Crippen LogP contribution in [0, 0.1) is 5.92 Å². The van der Waals surface area contributed by atoms with Gasteiger partial charge in [-0.2, -0.15) is 0 Å². The Labute approximate surface area is 75.1 Å². The Kier molecular flexibility index (Phi) is 4.58. The molecule has 1 heterocycles. The SMILES string of the molecule is CNCCN(C)CC1CCOC1. The van der Waals surface area contributed by atoms with Crippen molar-refractivity contribution in [3.05, 3.63) is 0 Å². The van der Waals surface area contributed by atoms with Gasteiger partial charge in [-0.3, -0.25) is 0 Å². The van der Waals surface area contributed by atoms with Crippen molar-refractivity contribution in [2.75, 3.05) is 46.9 Å². The molecular formula is C9H20N2O. The summed E-state index contributed by atoms with van der Waals surface area (Å²) < 4.78 is 5.32. The summed E-state index contributed by atoms with van der Waals surface area (Å²) in [5.74, 6) is 0.770. The summed E-state index contributed by atoms with van der Waals surface area (Å²) in [5.41, 5.74) is 0. The fourth-order valence-corrected chi connectivity index (χ4v) is 1.56. The minimum atomic E-state index is 0.770. The fourth-order valence-electron chi connectivity index (χ4n) is 1.56. The molecular weight excluding hydrogens is 152 g/mol. The van der Waals surface area contributed by atoms with E-state index < -0.39 is 0 Å². The Morgan fingerprint density at radius 1 is 1.58 bits per heavy atom. The molecule has 12 heavy (non-hydrogen) atoms. The van der Waals surface area contributed by atoms with Crippen molar-refractivity contribution < 1.29 is 4.74 Å². The maximum Gasteiger partial charge on any atom is 0.0507 e. The molecule has 0 spiro atoms. The summed E-state index contributed by atoms with van der Waals surface area (Å²) in [7, 11) is 4.17. The van der Waals surface area contributed by atoms with Crippen molar-refractivity contribution >= 4 is 0 Å². The van der Waals surface area contributed by atoms with Crippen LogP contribution < -0.4 is 5.32 Å². The van der Waals surface area contributed by atoms with E-state index >= 15 is 0 Å². The van der Waals surface area contributed by atoms with E-state index in [9.17, 15) is 0 Å². The Bertz CT molecular complexity index is 113. The Morgan fingerprint density at radius 2 is 2.42 bits per heavy atom. The average molecular weight is 172 g/mol. The van der Waals surface area contributed by atoms with Gasteiger partial charge in [-0.1, -0.05) is 0 Å². The van der Waals surface area contributed by atoms with Gasteiger partial charge in [0.15, 0.2) is 0 Å². The first-order valence-electron chi connectivity index (χ1n) is 4.74. The third-order valence-electron chi connectivity index (χ3n) is 2.34. The van der Waals surface area contributed by atoms with Crippen LogP contribution in [0.5, 0.6) is 0 Å². The summed E-state index contributed by atoms with van der Waals surface area (Å²) in [6.45, 7) is 5.31. The number of hydrogen-bond donors (Lipinski definition) is 1. The molecule has 72 valence electrons. The van der Waals surface area contributed by atoms with Crippen molar-refractivity contribution in [1.82, 2.24) is 10.2 Å². The highest BCUT2D eigenvalue weighted by Crippen LogP contribution is 2.12. The van der Waals surface area contributed by atoms with E-state index in [0.29, 0.717) is 0 Å². The number of nitrogens with one attached hydrogen (secondary N) is 1. The zero-order chi connectivity index (χ0) is 8.81. The first-order chi connectivity index (χ1) is 5.83. The summed E-state index contributed by atoms with van der Waals surface area (Å²) in [6.07, 6.45) is 1.24. The second-order valence-electron chi connectivity index (χ2n) is 3.60. The number of rotatable bonds is 5. The molecule has 3 heteroatoms. The molecule has 1 aliphatic rings. The van der Waals surface area contributed by atoms with Gasteiger partial charge >= 0.3 is 0 Å². The van der Waals surface area contributed by atoms with Gasteiger partial charge in [-0.15, -0.1) is 0 Å². The molecule has 1 fully saturated rings. The highest BCUT2D eigenvalue weighted by molar-refractivity contribution is 4.67. The number of hydrogen-bond acceptors (Lipinski definition) is 3. The lowest BCUT2D eigenvalue weighted by atomic mass is 10.1. The minimum Gasteiger partial charge on any atom is -0.381 e. The van der Waals surface area contributed by atoms with Crippen LogP contribution in [0.15, 0.2) is 0 Å². The normalized spacial score (nSPS) is 23.8. The summed E-state index contributed by atoms with van der Waals surface area (Å²) in [4.78, 5) is 2.37. The molecule has 3 nitrogen and oxygen atoms in total. The lowest BCUT2D eigenvalue weighted by Gasteiger charge is -2.19. The quantitative estimate of drug-likeness (QED) is 0.640. The van der Waals surface area contributed by atoms with E-state index in [1.807, 2.05) is 7.05 Å². The molecule has 1 N–H and O–H groups in total. The molecule has 0 aliphatic carbocycles. The van der Waals surface area contributed by atoms with Crippen LogP contribution >= 0.6 is 0 Å². The highest BCUT2D eigenvalue weighted by atomic mass is 16.5. The molecule has 1 saturated heterocycles. The van der Waals surface area contributed by atoms with Crippen LogP contribution in [0.25, 0.3) is 0 Å². The van der Waals surface area contributed by atoms with Crippen molar-refractivity contribution in [1.29, 1.82) is 0 Å².